The summed E-state index contributed by atoms with van der Waals surface area (Å²) in [6.07, 6.45) is -0.255. The molecule has 182 valence electrons. The van der Waals surface area contributed by atoms with Crippen molar-refractivity contribution >= 4 is 21.8 Å². The van der Waals surface area contributed by atoms with E-state index in [1.807, 2.05) is 0 Å². The van der Waals surface area contributed by atoms with Crippen LogP contribution in [0.5, 0.6) is 0 Å². The molecule has 0 spiro atoms. The second-order valence-corrected chi connectivity index (χ2v) is 10.9. The van der Waals surface area contributed by atoms with Crippen LogP contribution in [0.3, 0.4) is 0 Å². The maximum Gasteiger partial charge on any atom is 0.416 e. The number of nitrogens with zero attached hydrogens (tertiary/aromatic N) is 2. The summed E-state index contributed by atoms with van der Waals surface area (Å²) in [5.41, 5.74) is -0.995. The largest absolute Gasteiger partial charge is 0.416 e. The molecule has 3 fully saturated rings. The molecule has 2 amide bonds. The maximum atomic E-state index is 13.3. The average molecular weight is 488 g/mol. The number of nitrogens with one attached hydrogen (secondary N) is 1. The fourth-order valence-corrected chi connectivity index (χ4v) is 6.23. The molecule has 1 heterocycles. The number of carbonyl (C=O) groups is 2. The lowest BCUT2D eigenvalue weighted by atomic mass is 10.0. The summed E-state index contributed by atoms with van der Waals surface area (Å²) in [5.74, 6) is -0.272. The Bertz CT molecular complexity index is 998. The van der Waals surface area contributed by atoms with E-state index in [-0.39, 0.29) is 47.7 Å². The predicted octanol–water partition coefficient (Wildman–Crippen LogP) is 2.91. The number of sulfonamides is 1. The van der Waals surface area contributed by atoms with Crippen LogP contribution in [0.2, 0.25) is 0 Å². The predicted molar refractivity (Wildman–Crippen MR) is 113 cm³/mol. The van der Waals surface area contributed by atoms with Crippen molar-refractivity contribution < 1.29 is 31.2 Å². The molecule has 1 aromatic carbocycles. The lowest BCUT2D eigenvalue weighted by molar-refractivity contribution is -0.137. The minimum atomic E-state index is -4.63. The van der Waals surface area contributed by atoms with Gasteiger partial charge in [0, 0.05) is 44.1 Å². The summed E-state index contributed by atoms with van der Waals surface area (Å²) < 4.78 is 67.3. The van der Waals surface area contributed by atoms with Gasteiger partial charge >= 0.3 is 6.18 Å². The number of hydrogen-bond acceptors (Lipinski definition) is 4. The first kappa shape index (κ1) is 24.0. The van der Waals surface area contributed by atoms with Gasteiger partial charge in [-0.05, 0) is 56.7 Å². The smallest absolute Gasteiger partial charge is 0.353 e. The third-order valence-electron chi connectivity index (χ3n) is 6.33. The van der Waals surface area contributed by atoms with Crippen LogP contribution in [0.1, 0.15) is 56.9 Å². The van der Waals surface area contributed by atoms with Crippen LogP contribution < -0.4 is 5.32 Å². The van der Waals surface area contributed by atoms with Crippen molar-refractivity contribution in [3.63, 3.8) is 0 Å². The molecule has 1 aliphatic heterocycles. The number of rotatable bonds is 8. The van der Waals surface area contributed by atoms with Gasteiger partial charge in [0.1, 0.15) is 0 Å². The number of amides is 2. The Kier molecular flexibility index (Phi) is 6.73. The van der Waals surface area contributed by atoms with Crippen LogP contribution in [-0.4, -0.2) is 60.7 Å². The Morgan fingerprint density at radius 2 is 1.64 bits per heavy atom. The molecule has 2 aliphatic carbocycles. The summed E-state index contributed by atoms with van der Waals surface area (Å²) in [5, 5.41) is 2.85. The van der Waals surface area contributed by atoms with Gasteiger partial charge in [0.15, 0.2) is 0 Å². The molecule has 7 nitrogen and oxygen atoms in total. The number of likely N-dealkylation sites (tertiary alicyclic amines) is 1. The SMILES string of the molecule is O=C(CCC(=O)N1CCC(N(C2CC2)S(=O)(=O)c2cccc(C(F)(F)F)c2)CC1)NC1CC1. The first-order valence-corrected chi connectivity index (χ1v) is 12.8. The van der Waals surface area contributed by atoms with Gasteiger partial charge < -0.3 is 10.2 Å². The molecule has 2 saturated carbocycles. The van der Waals surface area contributed by atoms with Crippen LogP contribution >= 0.6 is 0 Å². The van der Waals surface area contributed by atoms with E-state index in [4.69, 9.17) is 0 Å². The highest BCUT2D eigenvalue weighted by atomic mass is 32.2. The quantitative estimate of drug-likeness (QED) is 0.611. The monoisotopic (exact) mass is 487 g/mol. The Labute approximate surface area is 191 Å². The molecule has 0 aromatic heterocycles. The van der Waals surface area contributed by atoms with Crippen molar-refractivity contribution in [1.82, 2.24) is 14.5 Å². The highest BCUT2D eigenvalue weighted by Crippen LogP contribution is 2.38. The van der Waals surface area contributed by atoms with Crippen molar-refractivity contribution in [1.29, 1.82) is 0 Å². The van der Waals surface area contributed by atoms with Crippen molar-refractivity contribution in [2.24, 2.45) is 0 Å². The van der Waals surface area contributed by atoms with Crippen LogP contribution in [0.4, 0.5) is 13.2 Å². The van der Waals surface area contributed by atoms with E-state index >= 15 is 0 Å². The molecule has 1 aromatic rings. The van der Waals surface area contributed by atoms with Crippen molar-refractivity contribution in [3.05, 3.63) is 29.8 Å². The normalized spacial score (nSPS) is 20.2. The number of alkyl halides is 3. The summed E-state index contributed by atoms with van der Waals surface area (Å²) in [6, 6.07) is 3.51. The van der Waals surface area contributed by atoms with Gasteiger partial charge in [0.25, 0.3) is 0 Å². The van der Waals surface area contributed by atoms with Gasteiger partial charge in [-0.3, -0.25) is 9.59 Å². The van der Waals surface area contributed by atoms with Gasteiger partial charge in [-0.15, -0.1) is 0 Å². The van der Waals surface area contributed by atoms with Crippen molar-refractivity contribution in [2.75, 3.05) is 13.1 Å². The van der Waals surface area contributed by atoms with E-state index in [2.05, 4.69) is 5.32 Å². The lowest BCUT2D eigenvalue weighted by Gasteiger charge is -2.38. The Morgan fingerprint density at radius 3 is 2.21 bits per heavy atom. The Hall–Kier alpha value is -2.14. The Balaban J connectivity index is 1.38. The fraction of sp³-hybridized carbons (Fsp3) is 0.636. The van der Waals surface area contributed by atoms with E-state index in [0.29, 0.717) is 44.8 Å². The number of halogens is 3. The molecular weight excluding hydrogens is 459 g/mol. The standard InChI is InChI=1S/C22H28F3N3O4S/c23-22(24,25)15-2-1-3-19(14-15)33(31,32)28(17-6-7-17)18-10-12-27(13-11-18)21(30)9-8-20(29)26-16-4-5-16/h1-3,14,16-18H,4-13H2,(H,26,29). The fourth-order valence-electron chi connectivity index (χ4n) is 4.25. The number of piperidine rings is 1. The zero-order chi connectivity index (χ0) is 23.8. The number of carbonyl (C=O) groups excluding carboxylic acids is 2. The van der Waals surface area contributed by atoms with Gasteiger partial charge in [0.05, 0.1) is 10.5 Å². The molecule has 0 bridgehead atoms. The molecule has 11 heteroatoms. The maximum absolute atomic E-state index is 13.3. The first-order valence-electron chi connectivity index (χ1n) is 11.3. The van der Waals surface area contributed by atoms with E-state index < -0.39 is 21.8 Å². The first-order chi connectivity index (χ1) is 15.6. The molecular formula is C22H28F3N3O4S. The van der Waals surface area contributed by atoms with Crippen molar-refractivity contribution in [3.8, 4) is 0 Å². The van der Waals surface area contributed by atoms with Crippen LogP contribution in [0.25, 0.3) is 0 Å². The third kappa shape index (κ3) is 5.87. The van der Waals surface area contributed by atoms with Crippen molar-refractivity contribution in [2.45, 2.75) is 80.6 Å². The van der Waals surface area contributed by atoms with E-state index in [0.717, 1.165) is 25.0 Å². The Morgan fingerprint density at radius 1 is 1.00 bits per heavy atom. The highest BCUT2D eigenvalue weighted by molar-refractivity contribution is 7.89. The zero-order valence-electron chi connectivity index (χ0n) is 18.2. The summed E-state index contributed by atoms with van der Waals surface area (Å²) in [4.78, 5) is 25.6. The number of hydrogen-bond donors (Lipinski definition) is 1. The molecule has 0 atom stereocenters. The zero-order valence-corrected chi connectivity index (χ0v) is 19.0. The van der Waals surface area contributed by atoms with Gasteiger partial charge in [-0.1, -0.05) is 6.07 Å². The van der Waals surface area contributed by atoms with E-state index in [1.54, 1.807) is 4.90 Å². The van der Waals surface area contributed by atoms with Gasteiger partial charge in [-0.25, -0.2) is 8.42 Å². The van der Waals surface area contributed by atoms with Crippen LogP contribution in [0.15, 0.2) is 29.2 Å². The molecule has 0 radical (unpaired) electrons. The molecule has 0 unspecified atom stereocenters. The lowest BCUT2D eigenvalue weighted by Crippen LogP contribution is -2.49. The van der Waals surface area contributed by atoms with Crippen LogP contribution in [0, 0.1) is 0 Å². The summed E-state index contributed by atoms with van der Waals surface area (Å²) >= 11 is 0. The second-order valence-electron chi connectivity index (χ2n) is 9.05. The van der Waals surface area contributed by atoms with E-state index in [1.165, 1.54) is 10.4 Å². The summed E-state index contributed by atoms with van der Waals surface area (Å²) in [7, 11) is -4.11. The minimum absolute atomic E-state index is 0.109. The molecule has 3 aliphatic rings. The van der Waals surface area contributed by atoms with E-state index in [9.17, 15) is 31.2 Å². The molecule has 4 rings (SSSR count). The minimum Gasteiger partial charge on any atom is -0.353 e. The van der Waals surface area contributed by atoms with Crippen LogP contribution in [-0.2, 0) is 25.8 Å². The highest BCUT2D eigenvalue weighted by Gasteiger charge is 2.44. The van der Waals surface area contributed by atoms with Gasteiger partial charge in [0.2, 0.25) is 21.8 Å². The molecule has 33 heavy (non-hydrogen) atoms. The summed E-state index contributed by atoms with van der Waals surface area (Å²) in [6.45, 7) is 0.712. The topological polar surface area (TPSA) is 86.8 Å². The van der Waals surface area contributed by atoms with Gasteiger partial charge in [-0.2, -0.15) is 17.5 Å². The average Bonchev–Trinajstić information content (AvgIpc) is 3.69. The second kappa shape index (κ2) is 9.25. The molecule has 1 N–H and O–H groups in total. The molecule has 1 saturated heterocycles. The number of benzene rings is 1. The third-order valence-corrected chi connectivity index (χ3v) is 8.33.